The van der Waals surface area contributed by atoms with Crippen LogP contribution in [0.3, 0.4) is 0 Å². The molecule has 0 aliphatic heterocycles. The second kappa shape index (κ2) is 8.22. The van der Waals surface area contributed by atoms with Gasteiger partial charge < -0.3 is 19.9 Å². The Morgan fingerprint density at radius 1 is 0.966 bits per heavy atom. The summed E-state index contributed by atoms with van der Waals surface area (Å²) in [5.74, 6) is 2.59. The highest BCUT2D eigenvalue weighted by Crippen LogP contribution is 2.23. The Labute approximate surface area is 166 Å². The predicted molar refractivity (Wildman–Crippen MR) is 107 cm³/mol. The Kier molecular flexibility index (Phi) is 5.15. The normalized spacial score (nSPS) is 10.4. The van der Waals surface area contributed by atoms with Crippen LogP contribution in [0.5, 0.6) is 11.5 Å². The van der Waals surface area contributed by atoms with Gasteiger partial charge in [-0.1, -0.05) is 23.4 Å². The van der Waals surface area contributed by atoms with Crippen molar-refractivity contribution < 1.29 is 14.1 Å². The first-order valence-corrected chi connectivity index (χ1v) is 8.82. The Hall–Kier alpha value is -4.20. The van der Waals surface area contributed by atoms with Gasteiger partial charge in [0.25, 0.3) is 5.91 Å². The highest BCUT2D eigenvalue weighted by atomic mass is 16.5. The molecule has 0 aliphatic rings. The van der Waals surface area contributed by atoms with Crippen molar-refractivity contribution >= 4 is 23.4 Å². The van der Waals surface area contributed by atoms with Gasteiger partial charge in [-0.05, 0) is 43.3 Å². The summed E-state index contributed by atoms with van der Waals surface area (Å²) in [5, 5.41) is 9.50. The number of ether oxygens (including phenoxy) is 1. The summed E-state index contributed by atoms with van der Waals surface area (Å²) in [6.07, 6.45) is 2.87. The Balaban J connectivity index is 1.36. The smallest absolute Gasteiger partial charge is 0.258 e. The standard InChI is InChI=1S/C21H17N5O3/c1-14-11-19(26-29-14)25-21-22-12-15(13-23-21)20(27)24-16-7-9-18(10-8-16)28-17-5-3-2-4-6-17/h2-13H,1H3,(H,24,27)(H,22,23,25,26). The summed E-state index contributed by atoms with van der Waals surface area (Å²) < 4.78 is 10.7. The molecule has 0 atom stereocenters. The third-order valence-corrected chi connectivity index (χ3v) is 3.87. The van der Waals surface area contributed by atoms with Crippen LogP contribution in [0.1, 0.15) is 16.1 Å². The van der Waals surface area contributed by atoms with E-state index in [4.69, 9.17) is 9.26 Å². The molecule has 1 amide bonds. The molecule has 8 heteroatoms. The molecule has 0 saturated carbocycles. The van der Waals surface area contributed by atoms with E-state index in [1.807, 2.05) is 30.3 Å². The first kappa shape index (κ1) is 18.2. The van der Waals surface area contributed by atoms with E-state index >= 15 is 0 Å². The van der Waals surface area contributed by atoms with E-state index in [9.17, 15) is 4.79 Å². The van der Waals surface area contributed by atoms with Crippen molar-refractivity contribution in [1.82, 2.24) is 15.1 Å². The van der Waals surface area contributed by atoms with E-state index in [0.29, 0.717) is 34.5 Å². The maximum absolute atomic E-state index is 12.4. The number of aryl methyl sites for hydroxylation is 1. The van der Waals surface area contributed by atoms with Crippen LogP contribution >= 0.6 is 0 Å². The summed E-state index contributed by atoms with van der Waals surface area (Å²) in [5.41, 5.74) is 0.965. The molecule has 0 spiro atoms. The first-order valence-electron chi connectivity index (χ1n) is 8.82. The molecule has 0 aliphatic carbocycles. The van der Waals surface area contributed by atoms with Crippen LogP contribution in [0.15, 0.2) is 77.6 Å². The van der Waals surface area contributed by atoms with Crippen molar-refractivity contribution in [3.63, 3.8) is 0 Å². The molecule has 0 bridgehead atoms. The number of aromatic nitrogens is 3. The van der Waals surface area contributed by atoms with Crippen molar-refractivity contribution in [2.45, 2.75) is 6.92 Å². The minimum absolute atomic E-state index is 0.314. The minimum atomic E-state index is -0.314. The summed E-state index contributed by atoms with van der Waals surface area (Å²) in [4.78, 5) is 20.6. The molecule has 0 radical (unpaired) electrons. The van der Waals surface area contributed by atoms with E-state index in [-0.39, 0.29) is 5.91 Å². The number of para-hydroxylation sites is 1. The van der Waals surface area contributed by atoms with Crippen molar-refractivity contribution in [3.8, 4) is 11.5 Å². The van der Waals surface area contributed by atoms with E-state index in [1.165, 1.54) is 12.4 Å². The molecule has 8 nitrogen and oxygen atoms in total. The number of rotatable bonds is 6. The number of carbonyl (C=O) groups is 1. The Bertz CT molecular complexity index is 1090. The van der Waals surface area contributed by atoms with Crippen molar-refractivity contribution in [3.05, 3.63) is 84.4 Å². The highest BCUT2D eigenvalue weighted by molar-refractivity contribution is 6.03. The molecule has 29 heavy (non-hydrogen) atoms. The molecule has 0 unspecified atom stereocenters. The topological polar surface area (TPSA) is 102 Å². The highest BCUT2D eigenvalue weighted by Gasteiger charge is 2.09. The van der Waals surface area contributed by atoms with Crippen LogP contribution in [-0.2, 0) is 0 Å². The Morgan fingerprint density at radius 3 is 2.31 bits per heavy atom. The second-order valence-electron chi connectivity index (χ2n) is 6.14. The maximum atomic E-state index is 12.4. The second-order valence-corrected chi connectivity index (χ2v) is 6.14. The quantitative estimate of drug-likeness (QED) is 0.500. The minimum Gasteiger partial charge on any atom is -0.457 e. The fraction of sp³-hybridized carbons (Fsp3) is 0.0476. The van der Waals surface area contributed by atoms with Gasteiger partial charge in [0.1, 0.15) is 17.3 Å². The van der Waals surface area contributed by atoms with E-state index in [2.05, 4.69) is 25.8 Å². The fourth-order valence-corrected chi connectivity index (χ4v) is 2.48. The summed E-state index contributed by atoms with van der Waals surface area (Å²) in [7, 11) is 0. The van der Waals surface area contributed by atoms with Gasteiger partial charge in [0, 0.05) is 24.1 Å². The van der Waals surface area contributed by atoms with Gasteiger partial charge in [0.2, 0.25) is 5.95 Å². The molecule has 4 rings (SSSR count). The molecular formula is C21H17N5O3. The molecule has 2 heterocycles. The molecule has 0 fully saturated rings. The van der Waals surface area contributed by atoms with Gasteiger partial charge in [-0.15, -0.1) is 0 Å². The zero-order chi connectivity index (χ0) is 20.1. The van der Waals surface area contributed by atoms with Gasteiger partial charge in [-0.25, -0.2) is 9.97 Å². The lowest BCUT2D eigenvalue weighted by Crippen LogP contribution is -2.13. The van der Waals surface area contributed by atoms with E-state index in [0.717, 1.165) is 5.75 Å². The number of nitrogens with zero attached hydrogens (tertiary/aromatic N) is 3. The third-order valence-electron chi connectivity index (χ3n) is 3.87. The molecule has 144 valence electrons. The van der Waals surface area contributed by atoms with E-state index in [1.54, 1.807) is 37.3 Å². The zero-order valence-electron chi connectivity index (χ0n) is 15.5. The van der Waals surface area contributed by atoms with Crippen LogP contribution in [-0.4, -0.2) is 21.0 Å². The molecular weight excluding hydrogens is 370 g/mol. The molecule has 4 aromatic rings. The largest absolute Gasteiger partial charge is 0.457 e. The van der Waals surface area contributed by atoms with Crippen LogP contribution in [0.25, 0.3) is 0 Å². The summed E-state index contributed by atoms with van der Waals surface area (Å²) in [6, 6.07) is 18.3. The number of benzene rings is 2. The molecule has 0 saturated heterocycles. The van der Waals surface area contributed by atoms with Crippen LogP contribution in [0, 0.1) is 6.92 Å². The van der Waals surface area contributed by atoms with Crippen LogP contribution in [0.4, 0.5) is 17.5 Å². The first-order chi connectivity index (χ1) is 14.2. The average Bonchev–Trinajstić information content (AvgIpc) is 3.15. The van der Waals surface area contributed by atoms with Crippen LogP contribution < -0.4 is 15.4 Å². The maximum Gasteiger partial charge on any atom is 0.258 e. The molecule has 2 N–H and O–H groups in total. The number of hydrogen-bond donors (Lipinski definition) is 2. The number of hydrogen-bond acceptors (Lipinski definition) is 7. The van der Waals surface area contributed by atoms with Gasteiger partial charge in [-0.3, -0.25) is 4.79 Å². The number of amides is 1. The number of anilines is 3. The molecule has 2 aromatic carbocycles. The average molecular weight is 387 g/mol. The lowest BCUT2D eigenvalue weighted by molar-refractivity contribution is 0.102. The zero-order valence-corrected chi connectivity index (χ0v) is 15.5. The third kappa shape index (κ3) is 4.75. The van der Waals surface area contributed by atoms with Crippen molar-refractivity contribution in [1.29, 1.82) is 0 Å². The lowest BCUT2D eigenvalue weighted by Gasteiger charge is -2.08. The fourth-order valence-electron chi connectivity index (χ4n) is 2.48. The molecule has 2 aromatic heterocycles. The number of nitrogens with one attached hydrogen (secondary N) is 2. The van der Waals surface area contributed by atoms with Gasteiger partial charge in [0.15, 0.2) is 5.82 Å². The van der Waals surface area contributed by atoms with Gasteiger partial charge >= 0.3 is 0 Å². The Morgan fingerprint density at radius 2 is 1.66 bits per heavy atom. The summed E-state index contributed by atoms with van der Waals surface area (Å²) in [6.45, 7) is 1.78. The van der Waals surface area contributed by atoms with Gasteiger partial charge in [0.05, 0.1) is 5.56 Å². The lowest BCUT2D eigenvalue weighted by atomic mass is 10.2. The van der Waals surface area contributed by atoms with Crippen LogP contribution in [0.2, 0.25) is 0 Å². The number of carbonyl (C=O) groups excluding carboxylic acids is 1. The SMILES string of the molecule is Cc1cc(Nc2ncc(C(=O)Nc3ccc(Oc4ccccc4)cc3)cn2)no1. The monoisotopic (exact) mass is 387 g/mol. The predicted octanol–water partition coefficient (Wildman–Crippen LogP) is 4.56. The van der Waals surface area contributed by atoms with Crippen molar-refractivity contribution in [2.75, 3.05) is 10.6 Å². The van der Waals surface area contributed by atoms with Crippen molar-refractivity contribution in [2.24, 2.45) is 0 Å². The summed E-state index contributed by atoms with van der Waals surface area (Å²) >= 11 is 0. The van der Waals surface area contributed by atoms with Gasteiger partial charge in [-0.2, -0.15) is 0 Å². The van der Waals surface area contributed by atoms with E-state index < -0.39 is 0 Å².